The third-order valence-corrected chi connectivity index (χ3v) is 4.86. The zero-order valence-corrected chi connectivity index (χ0v) is 12.4. The van der Waals surface area contributed by atoms with Crippen LogP contribution in [0.2, 0.25) is 0 Å². The monoisotopic (exact) mass is 304 g/mol. The lowest BCUT2D eigenvalue weighted by Crippen LogP contribution is -2.13. The molecule has 0 aliphatic heterocycles. The summed E-state index contributed by atoms with van der Waals surface area (Å²) in [4.78, 5) is 24.5. The van der Waals surface area contributed by atoms with Crippen molar-refractivity contribution in [1.82, 2.24) is 4.57 Å². The van der Waals surface area contributed by atoms with Crippen molar-refractivity contribution in [3.8, 4) is 0 Å². The summed E-state index contributed by atoms with van der Waals surface area (Å²) in [7, 11) is 1.75. The number of hydrogen-bond donors (Lipinski definition) is 1. The molecule has 0 saturated carbocycles. The van der Waals surface area contributed by atoms with E-state index in [-0.39, 0.29) is 10.8 Å². The first-order chi connectivity index (χ1) is 9.63. The molecule has 0 aliphatic carbocycles. The molecule has 4 nitrogen and oxygen atoms in total. The Balaban J connectivity index is 1.80. The third kappa shape index (κ3) is 2.52. The molecule has 1 aromatic carbocycles. The molecule has 0 radical (unpaired) electrons. The predicted molar refractivity (Wildman–Crippen MR) is 83.7 cm³/mol. The van der Waals surface area contributed by atoms with E-state index in [1.54, 1.807) is 23.0 Å². The zero-order valence-electron chi connectivity index (χ0n) is 10.8. The van der Waals surface area contributed by atoms with Gasteiger partial charge in [-0.2, -0.15) is 0 Å². The Morgan fingerprint density at radius 2 is 2.20 bits per heavy atom. The lowest BCUT2D eigenvalue weighted by molar-refractivity contribution is -0.115. The van der Waals surface area contributed by atoms with E-state index in [1.807, 2.05) is 35.7 Å². The molecule has 1 N–H and O–H groups in total. The van der Waals surface area contributed by atoms with Gasteiger partial charge in [0.15, 0.2) is 0 Å². The molecule has 6 heteroatoms. The number of nitrogens with zero attached hydrogens (tertiary/aromatic N) is 1. The van der Waals surface area contributed by atoms with Crippen molar-refractivity contribution in [2.75, 3.05) is 5.32 Å². The highest BCUT2D eigenvalue weighted by atomic mass is 32.1. The van der Waals surface area contributed by atoms with Gasteiger partial charge in [0.25, 0.3) is 0 Å². The molecule has 0 fully saturated rings. The Labute approximate surface area is 123 Å². The van der Waals surface area contributed by atoms with Gasteiger partial charge in [0.05, 0.1) is 16.6 Å². The predicted octanol–water partition coefficient (Wildman–Crippen LogP) is 2.84. The zero-order chi connectivity index (χ0) is 14.1. The van der Waals surface area contributed by atoms with Crippen LogP contribution in [-0.4, -0.2) is 10.5 Å². The lowest BCUT2D eigenvalue weighted by Gasteiger charge is -2.04. The van der Waals surface area contributed by atoms with Crippen LogP contribution < -0.4 is 10.2 Å². The molecule has 0 bridgehead atoms. The van der Waals surface area contributed by atoms with Crippen molar-refractivity contribution in [1.29, 1.82) is 0 Å². The highest BCUT2D eigenvalue weighted by Crippen LogP contribution is 2.21. The number of anilines is 1. The van der Waals surface area contributed by atoms with Crippen LogP contribution in [0.4, 0.5) is 5.69 Å². The number of thiazole rings is 1. The molecule has 0 unspecified atom stereocenters. The Morgan fingerprint density at radius 3 is 2.95 bits per heavy atom. The number of aromatic nitrogens is 1. The van der Waals surface area contributed by atoms with Crippen molar-refractivity contribution >= 4 is 44.5 Å². The van der Waals surface area contributed by atoms with Gasteiger partial charge in [0, 0.05) is 17.6 Å². The van der Waals surface area contributed by atoms with Gasteiger partial charge < -0.3 is 9.88 Å². The Morgan fingerprint density at radius 1 is 1.35 bits per heavy atom. The Hall–Kier alpha value is -1.92. The van der Waals surface area contributed by atoms with E-state index >= 15 is 0 Å². The molecule has 2 heterocycles. The van der Waals surface area contributed by atoms with E-state index < -0.39 is 0 Å². The number of fused-ring (bicyclic) bond motifs is 1. The maximum Gasteiger partial charge on any atom is 0.307 e. The number of hydrogen-bond acceptors (Lipinski definition) is 4. The SMILES string of the molecule is Cn1c(=O)sc2cc(NC(=O)Cc3cccs3)ccc21. The van der Waals surface area contributed by atoms with Crippen molar-refractivity contribution < 1.29 is 4.79 Å². The number of aryl methyl sites for hydroxylation is 1. The van der Waals surface area contributed by atoms with Gasteiger partial charge in [-0.3, -0.25) is 9.59 Å². The van der Waals surface area contributed by atoms with Crippen molar-refractivity contribution in [3.05, 3.63) is 50.3 Å². The minimum absolute atomic E-state index is 0.00191. The van der Waals surface area contributed by atoms with Crippen LogP contribution in [0, 0.1) is 0 Å². The summed E-state index contributed by atoms with van der Waals surface area (Å²) in [5.41, 5.74) is 1.61. The molecule has 102 valence electrons. The van der Waals surface area contributed by atoms with Gasteiger partial charge in [-0.25, -0.2) is 0 Å². The summed E-state index contributed by atoms with van der Waals surface area (Å²) in [5.74, 6) is -0.0462. The maximum atomic E-state index is 11.9. The molecular weight excluding hydrogens is 292 g/mol. The van der Waals surface area contributed by atoms with E-state index in [0.717, 1.165) is 20.8 Å². The first kappa shape index (κ1) is 13.1. The number of rotatable bonds is 3. The van der Waals surface area contributed by atoms with Gasteiger partial charge in [-0.15, -0.1) is 11.3 Å². The summed E-state index contributed by atoms with van der Waals surface area (Å²) in [6.45, 7) is 0. The van der Waals surface area contributed by atoms with Crippen LogP contribution in [0.15, 0.2) is 40.5 Å². The lowest BCUT2D eigenvalue weighted by atomic mass is 10.2. The van der Waals surface area contributed by atoms with Crippen molar-refractivity contribution in [2.24, 2.45) is 7.05 Å². The van der Waals surface area contributed by atoms with Crippen LogP contribution >= 0.6 is 22.7 Å². The number of thiophene rings is 1. The number of nitrogens with one attached hydrogen (secondary N) is 1. The summed E-state index contributed by atoms with van der Waals surface area (Å²) in [5, 5.41) is 4.82. The Bertz CT molecular complexity index is 815. The first-order valence-corrected chi connectivity index (χ1v) is 7.75. The van der Waals surface area contributed by atoms with Crippen LogP contribution in [0.25, 0.3) is 10.2 Å². The smallest absolute Gasteiger partial charge is 0.307 e. The highest BCUT2D eigenvalue weighted by Gasteiger charge is 2.08. The van der Waals surface area contributed by atoms with Crippen LogP contribution in [-0.2, 0) is 18.3 Å². The van der Waals surface area contributed by atoms with Crippen molar-refractivity contribution in [2.45, 2.75) is 6.42 Å². The van der Waals surface area contributed by atoms with Crippen LogP contribution in [0.5, 0.6) is 0 Å². The molecule has 0 spiro atoms. The fourth-order valence-corrected chi connectivity index (χ4v) is 3.61. The van der Waals surface area contributed by atoms with E-state index in [9.17, 15) is 9.59 Å². The number of benzene rings is 1. The second kappa shape index (κ2) is 5.22. The standard InChI is InChI=1S/C14H12N2O2S2/c1-16-11-5-4-9(7-12(11)20-14(16)18)15-13(17)8-10-3-2-6-19-10/h2-7H,8H2,1H3,(H,15,17). The molecule has 2 aromatic heterocycles. The molecule has 20 heavy (non-hydrogen) atoms. The maximum absolute atomic E-state index is 11.9. The molecule has 3 aromatic rings. The van der Waals surface area contributed by atoms with E-state index in [2.05, 4.69) is 5.32 Å². The van der Waals surface area contributed by atoms with Gasteiger partial charge in [0.1, 0.15) is 0 Å². The molecule has 3 rings (SSSR count). The van der Waals surface area contributed by atoms with E-state index in [1.165, 1.54) is 11.3 Å². The van der Waals surface area contributed by atoms with Crippen LogP contribution in [0.1, 0.15) is 4.88 Å². The van der Waals surface area contributed by atoms with Gasteiger partial charge in [-0.1, -0.05) is 17.4 Å². The van der Waals surface area contributed by atoms with E-state index in [0.29, 0.717) is 6.42 Å². The highest BCUT2D eigenvalue weighted by molar-refractivity contribution is 7.16. The minimum atomic E-state index is -0.0462. The topological polar surface area (TPSA) is 51.1 Å². The summed E-state index contributed by atoms with van der Waals surface area (Å²) in [6.07, 6.45) is 0.376. The van der Waals surface area contributed by atoms with E-state index in [4.69, 9.17) is 0 Å². The average molecular weight is 304 g/mol. The largest absolute Gasteiger partial charge is 0.326 e. The fourth-order valence-electron chi connectivity index (χ4n) is 1.99. The number of carbonyl (C=O) groups is 1. The van der Waals surface area contributed by atoms with Crippen LogP contribution in [0.3, 0.4) is 0 Å². The van der Waals surface area contributed by atoms with Crippen molar-refractivity contribution in [3.63, 3.8) is 0 Å². The number of amides is 1. The quantitative estimate of drug-likeness (QED) is 0.809. The average Bonchev–Trinajstić information content (AvgIpc) is 2.99. The van der Waals surface area contributed by atoms with Gasteiger partial charge in [0.2, 0.25) is 5.91 Å². The van der Waals surface area contributed by atoms with Gasteiger partial charge in [-0.05, 0) is 29.6 Å². The summed E-state index contributed by atoms with van der Waals surface area (Å²) < 4.78 is 2.49. The fraction of sp³-hybridized carbons (Fsp3) is 0.143. The molecule has 0 aliphatic rings. The number of carbonyl (C=O) groups excluding carboxylic acids is 1. The van der Waals surface area contributed by atoms with Gasteiger partial charge >= 0.3 is 4.87 Å². The summed E-state index contributed by atoms with van der Waals surface area (Å²) in [6, 6.07) is 9.39. The first-order valence-electron chi connectivity index (χ1n) is 6.05. The molecule has 1 amide bonds. The second-order valence-electron chi connectivity index (χ2n) is 4.41. The second-order valence-corrected chi connectivity index (χ2v) is 6.44. The summed E-state index contributed by atoms with van der Waals surface area (Å²) >= 11 is 2.75. The molecular formula is C14H12N2O2S2. The molecule has 0 saturated heterocycles. The third-order valence-electron chi connectivity index (χ3n) is 2.99. The minimum Gasteiger partial charge on any atom is -0.326 e. The normalized spacial score (nSPS) is 10.8. The Kier molecular flexibility index (Phi) is 3.42. The molecule has 0 atom stereocenters.